The minimum Gasteiger partial charge on any atom is -0.506 e. The third kappa shape index (κ3) is 3.47. The van der Waals surface area contributed by atoms with Crippen LogP contribution >= 0.6 is 0 Å². The van der Waals surface area contributed by atoms with E-state index in [-0.39, 0.29) is 22.8 Å². The van der Waals surface area contributed by atoms with Crippen LogP contribution < -0.4 is 4.90 Å². The highest BCUT2D eigenvalue weighted by Crippen LogP contribution is 2.32. The summed E-state index contributed by atoms with van der Waals surface area (Å²) in [6.07, 6.45) is 0. The van der Waals surface area contributed by atoms with E-state index in [2.05, 4.69) is 20.1 Å². The number of aromatic nitrogens is 1. The number of benzene rings is 1. The molecule has 1 aromatic carbocycles. The minimum atomic E-state index is 0.0192. The van der Waals surface area contributed by atoms with Gasteiger partial charge in [0.2, 0.25) is 0 Å². The van der Waals surface area contributed by atoms with E-state index in [1.807, 2.05) is 32.1 Å². The van der Waals surface area contributed by atoms with Crippen LogP contribution in [0, 0.1) is 22.7 Å². The van der Waals surface area contributed by atoms with Gasteiger partial charge >= 0.3 is 0 Å². The SMILES string of the molecule is CCN(CC)c1ccc(N=Nc2cc(C#N)c(C#N)[nH]2)c(O)c1. The van der Waals surface area contributed by atoms with E-state index < -0.39 is 0 Å². The molecule has 2 rings (SSSR count). The van der Waals surface area contributed by atoms with Crippen LogP contribution in [0.4, 0.5) is 17.2 Å². The fourth-order valence-corrected chi connectivity index (χ4v) is 2.16. The summed E-state index contributed by atoms with van der Waals surface area (Å²) in [6.45, 7) is 5.76. The Hall–Kier alpha value is -3.32. The number of nitrogens with zero attached hydrogens (tertiary/aromatic N) is 5. The van der Waals surface area contributed by atoms with Crippen LogP contribution in [0.2, 0.25) is 0 Å². The van der Waals surface area contributed by atoms with Gasteiger partial charge in [-0.15, -0.1) is 10.2 Å². The molecule has 2 N–H and O–H groups in total. The van der Waals surface area contributed by atoms with Crippen LogP contribution in [0.3, 0.4) is 0 Å². The van der Waals surface area contributed by atoms with Gasteiger partial charge in [-0.05, 0) is 26.0 Å². The lowest BCUT2D eigenvalue weighted by molar-refractivity contribution is 0.476. The smallest absolute Gasteiger partial charge is 0.154 e. The van der Waals surface area contributed by atoms with Crippen LogP contribution in [-0.2, 0) is 0 Å². The van der Waals surface area contributed by atoms with E-state index in [0.29, 0.717) is 5.69 Å². The quantitative estimate of drug-likeness (QED) is 0.819. The molecule has 0 bridgehead atoms. The van der Waals surface area contributed by atoms with E-state index in [4.69, 9.17) is 10.5 Å². The van der Waals surface area contributed by atoms with E-state index in [9.17, 15) is 5.11 Å². The molecule has 0 saturated carbocycles. The van der Waals surface area contributed by atoms with Gasteiger partial charge in [-0.1, -0.05) is 0 Å². The number of azo groups is 1. The van der Waals surface area contributed by atoms with E-state index in [1.54, 1.807) is 12.1 Å². The van der Waals surface area contributed by atoms with Gasteiger partial charge in [0.05, 0.1) is 5.56 Å². The molecule has 1 aromatic heterocycles. The van der Waals surface area contributed by atoms with Gasteiger partial charge in [0, 0.05) is 30.9 Å². The maximum atomic E-state index is 10.1. The van der Waals surface area contributed by atoms with E-state index >= 15 is 0 Å². The number of hydrogen-bond donors (Lipinski definition) is 2. The molecule has 0 atom stereocenters. The Morgan fingerprint density at radius 1 is 1.13 bits per heavy atom. The van der Waals surface area contributed by atoms with Crippen LogP contribution in [0.25, 0.3) is 0 Å². The molecule has 0 aliphatic rings. The molecule has 7 nitrogen and oxygen atoms in total. The molecular weight excluding hydrogens is 292 g/mol. The predicted octanol–water partition coefficient (Wildman–Crippen LogP) is 3.73. The number of nitrogens with one attached hydrogen (secondary N) is 1. The van der Waals surface area contributed by atoms with Gasteiger partial charge in [0.1, 0.15) is 29.3 Å². The first-order chi connectivity index (χ1) is 11.1. The summed E-state index contributed by atoms with van der Waals surface area (Å²) in [5, 5.41) is 35.7. The zero-order valence-electron chi connectivity index (χ0n) is 12.9. The molecular formula is C16H16N6O. The highest BCUT2D eigenvalue weighted by molar-refractivity contribution is 5.61. The minimum absolute atomic E-state index is 0.0192. The van der Waals surface area contributed by atoms with Gasteiger partial charge in [-0.2, -0.15) is 10.5 Å². The second-order valence-electron chi connectivity index (χ2n) is 4.71. The molecule has 0 radical (unpaired) electrons. The van der Waals surface area contributed by atoms with Crippen LogP contribution in [0.1, 0.15) is 25.1 Å². The molecule has 0 aliphatic heterocycles. The molecule has 0 amide bonds. The van der Waals surface area contributed by atoms with E-state index in [0.717, 1.165) is 18.8 Å². The summed E-state index contributed by atoms with van der Waals surface area (Å²) in [4.78, 5) is 4.79. The summed E-state index contributed by atoms with van der Waals surface area (Å²) in [6, 6.07) is 10.4. The summed E-state index contributed by atoms with van der Waals surface area (Å²) >= 11 is 0. The summed E-state index contributed by atoms with van der Waals surface area (Å²) in [5.41, 5.74) is 1.57. The molecule has 1 heterocycles. The molecule has 0 fully saturated rings. The van der Waals surface area contributed by atoms with Crippen molar-refractivity contribution in [2.45, 2.75) is 13.8 Å². The Labute approximate surface area is 134 Å². The average molecular weight is 308 g/mol. The van der Waals surface area contributed by atoms with Crippen LogP contribution in [0.5, 0.6) is 5.75 Å². The topological polar surface area (TPSA) is 112 Å². The van der Waals surface area contributed by atoms with Crippen molar-refractivity contribution in [1.29, 1.82) is 10.5 Å². The van der Waals surface area contributed by atoms with Crippen molar-refractivity contribution in [2.75, 3.05) is 18.0 Å². The van der Waals surface area contributed by atoms with Gasteiger partial charge in [-0.25, -0.2) is 0 Å². The number of phenolic OH excluding ortho intramolecular Hbond substituents is 1. The van der Waals surface area contributed by atoms with Crippen LogP contribution in [-0.4, -0.2) is 23.2 Å². The number of H-pyrrole nitrogens is 1. The average Bonchev–Trinajstić information content (AvgIpc) is 2.97. The molecule has 0 saturated heterocycles. The van der Waals surface area contributed by atoms with Crippen LogP contribution in [0.15, 0.2) is 34.5 Å². The molecule has 7 heteroatoms. The van der Waals surface area contributed by atoms with Crippen molar-refractivity contribution in [3.63, 3.8) is 0 Å². The third-order valence-corrected chi connectivity index (χ3v) is 3.39. The highest BCUT2D eigenvalue weighted by Gasteiger charge is 2.08. The zero-order valence-corrected chi connectivity index (χ0v) is 12.9. The van der Waals surface area contributed by atoms with Crippen molar-refractivity contribution in [3.8, 4) is 17.9 Å². The molecule has 0 aliphatic carbocycles. The lowest BCUT2D eigenvalue weighted by atomic mass is 10.2. The van der Waals surface area contributed by atoms with Crippen molar-refractivity contribution < 1.29 is 5.11 Å². The van der Waals surface area contributed by atoms with Gasteiger partial charge in [0.15, 0.2) is 5.82 Å². The summed E-state index contributed by atoms with van der Waals surface area (Å²) in [5.74, 6) is 0.302. The Balaban J connectivity index is 2.25. The Morgan fingerprint density at radius 2 is 1.87 bits per heavy atom. The maximum Gasteiger partial charge on any atom is 0.154 e. The van der Waals surface area contributed by atoms with Crippen molar-refractivity contribution in [1.82, 2.24) is 4.98 Å². The van der Waals surface area contributed by atoms with Gasteiger partial charge in [-0.3, -0.25) is 0 Å². The number of anilines is 1. The Morgan fingerprint density at radius 3 is 2.39 bits per heavy atom. The van der Waals surface area contributed by atoms with Gasteiger partial charge in [0.25, 0.3) is 0 Å². The summed E-state index contributed by atoms with van der Waals surface area (Å²) in [7, 11) is 0. The lowest BCUT2D eigenvalue weighted by Gasteiger charge is -2.21. The Kier molecular flexibility index (Phi) is 4.96. The second kappa shape index (κ2) is 7.10. The Bertz CT molecular complexity index is 773. The number of aromatic hydroxyl groups is 1. The first kappa shape index (κ1) is 16.1. The second-order valence-corrected chi connectivity index (χ2v) is 4.71. The van der Waals surface area contributed by atoms with Gasteiger partial charge < -0.3 is 15.0 Å². The molecule has 0 unspecified atom stereocenters. The fourth-order valence-electron chi connectivity index (χ4n) is 2.16. The lowest BCUT2D eigenvalue weighted by Crippen LogP contribution is -2.21. The molecule has 2 aromatic rings. The summed E-state index contributed by atoms with van der Waals surface area (Å²) < 4.78 is 0. The largest absolute Gasteiger partial charge is 0.506 e. The fraction of sp³-hybridized carbons (Fsp3) is 0.250. The standard InChI is InChI=1S/C16H16N6O/c1-3-22(4-2)12-5-6-13(15(23)8-12)20-21-16-7-11(9-17)14(10-18)19-16/h5-8,19,23H,3-4H2,1-2H3. The number of hydrogen-bond acceptors (Lipinski definition) is 6. The highest BCUT2D eigenvalue weighted by atomic mass is 16.3. The number of rotatable bonds is 5. The molecule has 116 valence electrons. The first-order valence-corrected chi connectivity index (χ1v) is 7.15. The van der Waals surface area contributed by atoms with Crippen molar-refractivity contribution >= 4 is 17.2 Å². The third-order valence-electron chi connectivity index (χ3n) is 3.39. The van der Waals surface area contributed by atoms with E-state index in [1.165, 1.54) is 6.07 Å². The predicted molar refractivity (Wildman–Crippen MR) is 86.1 cm³/mol. The number of aromatic amines is 1. The normalized spacial score (nSPS) is 10.4. The van der Waals surface area contributed by atoms with Crippen molar-refractivity contribution in [2.24, 2.45) is 10.2 Å². The maximum absolute atomic E-state index is 10.1. The number of phenols is 1. The number of nitriles is 2. The molecule has 0 spiro atoms. The molecule has 23 heavy (non-hydrogen) atoms. The zero-order chi connectivity index (χ0) is 16.8. The first-order valence-electron chi connectivity index (χ1n) is 7.15. The van der Waals surface area contributed by atoms with Crippen molar-refractivity contribution in [3.05, 3.63) is 35.5 Å². The monoisotopic (exact) mass is 308 g/mol.